The number of nitriles is 1. The van der Waals surface area contributed by atoms with Crippen molar-refractivity contribution in [3.63, 3.8) is 0 Å². The Balaban J connectivity index is 0.916. The standard InChI is InChI=1S/C40H37F4N9O4/c1-50-36-27(4-2-6-32(36)53(39(50)57)33-12-13-35(54)48-38(33)56)26-14-15-51(21-28(26)41)19-22-8-10-25(11-9-22)52-20-24-17-30(23(18-45)16-31(24)49-52)47-37(55)29-5-3-7-34(46-29)40(42,43)44/h2-7,14,16-17,20,22,25,28,33H,8-13,15,19,21H2,1H3,(H,47,55)(H,48,54,56)/t22-,25-,28?,33?. The topological polar surface area (TPSA) is 160 Å². The van der Waals surface area contributed by atoms with E-state index < -0.39 is 47.3 Å². The Morgan fingerprint density at radius 1 is 1.05 bits per heavy atom. The van der Waals surface area contributed by atoms with E-state index in [-0.39, 0.29) is 42.6 Å². The highest BCUT2D eigenvalue weighted by atomic mass is 19.4. The third kappa shape index (κ3) is 7.21. The highest BCUT2D eigenvalue weighted by molar-refractivity contribution is 6.05. The van der Waals surface area contributed by atoms with Crippen LogP contribution in [0.1, 0.15) is 77.9 Å². The molecule has 294 valence electrons. The van der Waals surface area contributed by atoms with Crippen LogP contribution in [0.3, 0.4) is 0 Å². The summed E-state index contributed by atoms with van der Waals surface area (Å²) in [5.74, 6) is -1.45. The summed E-state index contributed by atoms with van der Waals surface area (Å²) in [6.45, 7) is 1.43. The van der Waals surface area contributed by atoms with Crippen molar-refractivity contribution in [2.45, 2.75) is 63.0 Å². The number of carbonyl (C=O) groups is 3. The summed E-state index contributed by atoms with van der Waals surface area (Å²) in [5.41, 5.74) is 0.880. The van der Waals surface area contributed by atoms with Gasteiger partial charge in [0, 0.05) is 50.2 Å². The van der Waals surface area contributed by atoms with Gasteiger partial charge >= 0.3 is 11.9 Å². The number of aryl methyl sites for hydroxylation is 1. The summed E-state index contributed by atoms with van der Waals surface area (Å²) in [4.78, 5) is 56.2. The van der Waals surface area contributed by atoms with Crippen LogP contribution in [0.15, 0.2) is 65.6 Å². The third-order valence-corrected chi connectivity index (χ3v) is 11.3. The van der Waals surface area contributed by atoms with Crippen LogP contribution < -0.4 is 16.3 Å². The second-order valence-corrected chi connectivity index (χ2v) is 14.9. The van der Waals surface area contributed by atoms with Crippen molar-refractivity contribution in [2.75, 3.05) is 25.0 Å². The number of imidazole rings is 1. The Morgan fingerprint density at radius 2 is 1.82 bits per heavy atom. The first-order chi connectivity index (χ1) is 27.3. The van der Waals surface area contributed by atoms with Crippen LogP contribution in [0.4, 0.5) is 23.2 Å². The van der Waals surface area contributed by atoms with E-state index in [4.69, 9.17) is 5.10 Å². The number of para-hydroxylation sites is 1. The second-order valence-electron chi connectivity index (χ2n) is 14.9. The Morgan fingerprint density at radius 3 is 2.54 bits per heavy atom. The predicted molar refractivity (Wildman–Crippen MR) is 201 cm³/mol. The van der Waals surface area contributed by atoms with Crippen molar-refractivity contribution < 1.29 is 31.9 Å². The number of anilines is 1. The number of piperidine rings is 1. The Labute approximate surface area is 322 Å². The average Bonchev–Trinajstić information content (AvgIpc) is 3.71. The van der Waals surface area contributed by atoms with Gasteiger partial charge in [-0.3, -0.25) is 38.4 Å². The molecule has 57 heavy (non-hydrogen) atoms. The van der Waals surface area contributed by atoms with Crippen molar-refractivity contribution in [2.24, 2.45) is 13.0 Å². The van der Waals surface area contributed by atoms with Gasteiger partial charge in [0.1, 0.15) is 29.7 Å². The molecular formula is C40H37F4N9O4. The van der Waals surface area contributed by atoms with Crippen LogP contribution in [-0.4, -0.2) is 72.3 Å². The lowest BCUT2D eigenvalue weighted by Gasteiger charge is -2.35. The molecule has 8 rings (SSSR count). The maximum atomic E-state index is 16.0. The fourth-order valence-corrected chi connectivity index (χ4v) is 8.42. The monoisotopic (exact) mass is 783 g/mol. The Bertz CT molecular complexity index is 2580. The lowest BCUT2D eigenvalue weighted by Crippen LogP contribution is -2.44. The smallest absolute Gasteiger partial charge is 0.319 e. The number of amides is 3. The number of hydrogen-bond acceptors (Lipinski definition) is 8. The van der Waals surface area contributed by atoms with Crippen LogP contribution in [0.5, 0.6) is 0 Å². The minimum atomic E-state index is -4.72. The molecule has 1 saturated carbocycles. The number of carbonyl (C=O) groups excluding carboxylic acids is 3. The van der Waals surface area contributed by atoms with Gasteiger partial charge in [0.15, 0.2) is 0 Å². The first-order valence-electron chi connectivity index (χ1n) is 18.7. The number of nitrogens with one attached hydrogen (secondary N) is 2. The van der Waals surface area contributed by atoms with Crippen molar-refractivity contribution in [3.05, 3.63) is 93.8 Å². The molecule has 0 spiro atoms. The average molecular weight is 784 g/mol. The van der Waals surface area contributed by atoms with Crippen LogP contribution in [0.2, 0.25) is 0 Å². The Hall–Kier alpha value is -6.15. The quantitative estimate of drug-likeness (QED) is 0.158. The predicted octanol–water partition coefficient (Wildman–Crippen LogP) is 5.67. The van der Waals surface area contributed by atoms with E-state index in [9.17, 15) is 37.6 Å². The molecule has 2 aromatic carbocycles. The molecule has 2 unspecified atom stereocenters. The first-order valence-corrected chi connectivity index (χ1v) is 18.7. The normalized spacial score (nSPS) is 22.0. The number of alkyl halides is 4. The van der Waals surface area contributed by atoms with Crippen molar-refractivity contribution in [1.82, 2.24) is 34.1 Å². The summed E-state index contributed by atoms with van der Waals surface area (Å²) in [6, 6.07) is 12.7. The molecule has 17 heteroatoms. The number of benzene rings is 2. The van der Waals surface area contributed by atoms with Gasteiger partial charge in [-0.15, -0.1) is 0 Å². The van der Waals surface area contributed by atoms with E-state index in [0.29, 0.717) is 52.1 Å². The molecule has 3 aromatic heterocycles. The molecule has 0 bridgehead atoms. The fourth-order valence-electron chi connectivity index (χ4n) is 8.42. The van der Waals surface area contributed by atoms with E-state index >= 15 is 4.39 Å². The molecule has 5 aromatic rings. The zero-order valence-corrected chi connectivity index (χ0v) is 30.7. The first kappa shape index (κ1) is 37.8. The lowest BCUT2D eigenvalue weighted by atomic mass is 9.85. The van der Waals surface area contributed by atoms with Gasteiger partial charge in [0.05, 0.1) is 33.8 Å². The van der Waals surface area contributed by atoms with Gasteiger partial charge in [0.2, 0.25) is 11.8 Å². The summed E-state index contributed by atoms with van der Waals surface area (Å²) >= 11 is 0. The van der Waals surface area contributed by atoms with Crippen molar-refractivity contribution in [3.8, 4) is 6.07 Å². The molecule has 3 aliphatic rings. The number of pyridine rings is 1. The number of imide groups is 1. The van der Waals surface area contributed by atoms with Gasteiger partial charge in [-0.1, -0.05) is 24.3 Å². The third-order valence-electron chi connectivity index (χ3n) is 11.3. The zero-order valence-electron chi connectivity index (χ0n) is 30.7. The molecule has 0 radical (unpaired) electrons. The van der Waals surface area contributed by atoms with Gasteiger partial charge in [-0.2, -0.15) is 23.5 Å². The SMILES string of the molecule is Cn1c(=O)n(C2CCC(=O)NC2=O)c2cccc(C3=CCN(C[C@H]4CC[C@H](n5cc6cc(NC(=O)c7cccc(C(F)(F)F)n7)c(C#N)cc6n5)CC4)CC3F)c21. The number of hydrogen-bond donors (Lipinski definition) is 2. The number of nitrogens with zero attached hydrogens (tertiary/aromatic N) is 7. The fraction of sp³-hybridized carbons (Fsp3) is 0.375. The number of aromatic nitrogens is 5. The minimum Gasteiger partial charge on any atom is -0.319 e. The minimum absolute atomic E-state index is 0.0768. The molecule has 5 heterocycles. The van der Waals surface area contributed by atoms with Gasteiger partial charge in [-0.25, -0.2) is 14.2 Å². The molecule has 1 aliphatic carbocycles. The molecule has 2 atom stereocenters. The molecule has 13 nitrogen and oxygen atoms in total. The molecule has 2 fully saturated rings. The zero-order chi connectivity index (χ0) is 40.2. The summed E-state index contributed by atoms with van der Waals surface area (Å²) in [6.07, 6.45) is 1.43. The van der Waals surface area contributed by atoms with E-state index in [2.05, 4.69) is 20.5 Å². The summed E-state index contributed by atoms with van der Waals surface area (Å²) in [7, 11) is 1.61. The molecule has 1 saturated heterocycles. The van der Waals surface area contributed by atoms with Gasteiger partial charge in [0.25, 0.3) is 5.91 Å². The lowest BCUT2D eigenvalue weighted by molar-refractivity contribution is -0.141. The molecule has 3 amide bonds. The highest BCUT2D eigenvalue weighted by Crippen LogP contribution is 2.37. The Kier molecular flexibility index (Phi) is 9.76. The maximum absolute atomic E-state index is 16.0. The number of halogens is 4. The molecule has 2 aliphatic heterocycles. The van der Waals surface area contributed by atoms with Crippen LogP contribution in [-0.2, 0) is 22.8 Å². The van der Waals surface area contributed by atoms with E-state index in [0.717, 1.165) is 37.8 Å². The van der Waals surface area contributed by atoms with Crippen LogP contribution in [0.25, 0.3) is 27.5 Å². The van der Waals surface area contributed by atoms with Gasteiger partial charge in [-0.05, 0) is 73.9 Å². The van der Waals surface area contributed by atoms with E-state index in [1.54, 1.807) is 31.3 Å². The second kappa shape index (κ2) is 14.7. The van der Waals surface area contributed by atoms with E-state index in [1.165, 1.54) is 21.3 Å². The van der Waals surface area contributed by atoms with E-state index in [1.807, 2.05) is 23.0 Å². The summed E-state index contributed by atoms with van der Waals surface area (Å²) in [5, 5.41) is 20.0. The van der Waals surface area contributed by atoms with Gasteiger partial charge < -0.3 is 5.32 Å². The van der Waals surface area contributed by atoms with Crippen molar-refractivity contribution in [1.29, 1.82) is 5.26 Å². The maximum Gasteiger partial charge on any atom is 0.433 e. The molecular weight excluding hydrogens is 746 g/mol. The largest absolute Gasteiger partial charge is 0.433 e. The molecule has 2 N–H and O–H groups in total. The number of rotatable bonds is 7. The van der Waals surface area contributed by atoms with Crippen LogP contribution >= 0.6 is 0 Å². The highest BCUT2D eigenvalue weighted by Gasteiger charge is 2.35. The van der Waals surface area contributed by atoms with Crippen LogP contribution in [0, 0.1) is 17.2 Å². The summed E-state index contributed by atoms with van der Waals surface area (Å²) < 4.78 is 60.2. The van der Waals surface area contributed by atoms with Crippen molar-refractivity contribution >= 4 is 50.9 Å². The number of fused-ring (bicyclic) bond motifs is 2.